The van der Waals surface area contributed by atoms with Gasteiger partial charge in [-0.1, -0.05) is 0 Å². The predicted octanol–water partition coefficient (Wildman–Crippen LogP) is 0.492. The lowest BCUT2D eigenvalue weighted by Crippen LogP contribution is -2.36. The fraction of sp³-hybridized carbons (Fsp3) is 0.750. The van der Waals surface area contributed by atoms with E-state index < -0.39 is 18.8 Å². The number of amides is 2. The summed E-state index contributed by atoms with van der Waals surface area (Å²) in [6.45, 7) is -1.33. The molecular formula is C4H6F3N2O. The van der Waals surface area contributed by atoms with Gasteiger partial charge in [-0.3, -0.25) is 0 Å². The Morgan fingerprint density at radius 1 is 1.60 bits per heavy atom. The summed E-state index contributed by atoms with van der Waals surface area (Å²) < 4.78 is 33.9. The van der Waals surface area contributed by atoms with Crippen LogP contribution in [0.3, 0.4) is 0 Å². The minimum Gasteiger partial charge on any atom is -0.327 e. The molecule has 3 nitrogen and oxygen atoms in total. The Morgan fingerprint density at radius 3 is 2.40 bits per heavy atom. The molecule has 0 bridgehead atoms. The average molecular weight is 155 g/mol. The standard InChI is InChI=1S/C4H6F3N2O/c1-8-3(10)9-2-4(5,6)7/h2H2,1H3,(H,9,10). The van der Waals surface area contributed by atoms with Crippen LogP contribution in [-0.4, -0.2) is 25.8 Å². The normalized spacial score (nSPS) is 10.8. The molecule has 0 aromatic heterocycles. The molecule has 2 amide bonds. The van der Waals surface area contributed by atoms with Crippen molar-refractivity contribution < 1.29 is 18.0 Å². The van der Waals surface area contributed by atoms with Crippen molar-refractivity contribution in [3.05, 3.63) is 0 Å². The largest absolute Gasteiger partial charge is 0.405 e. The fourth-order valence-electron chi connectivity index (χ4n) is 0.255. The third-order valence-corrected chi connectivity index (χ3v) is 0.643. The number of halogens is 3. The van der Waals surface area contributed by atoms with E-state index >= 15 is 0 Å². The van der Waals surface area contributed by atoms with E-state index in [9.17, 15) is 18.0 Å². The summed E-state index contributed by atoms with van der Waals surface area (Å²) in [5.41, 5.74) is 0. The van der Waals surface area contributed by atoms with Gasteiger partial charge in [-0.25, -0.2) is 10.1 Å². The molecule has 0 aliphatic carbocycles. The number of carbonyl (C=O) groups is 1. The highest BCUT2D eigenvalue weighted by Crippen LogP contribution is 2.11. The van der Waals surface area contributed by atoms with Gasteiger partial charge in [0.1, 0.15) is 6.54 Å². The van der Waals surface area contributed by atoms with Crippen molar-refractivity contribution in [2.75, 3.05) is 13.6 Å². The van der Waals surface area contributed by atoms with E-state index in [2.05, 4.69) is 5.32 Å². The number of nitrogens with one attached hydrogen (secondary N) is 1. The molecule has 0 fully saturated rings. The lowest BCUT2D eigenvalue weighted by Gasteiger charge is -2.05. The summed E-state index contributed by atoms with van der Waals surface area (Å²) in [7, 11) is 1.12. The number of hydrogen-bond donors (Lipinski definition) is 1. The Labute approximate surface area is 55.6 Å². The summed E-state index contributed by atoms with van der Waals surface area (Å²) in [6, 6.07) is -0.961. The molecule has 1 N–H and O–H groups in total. The van der Waals surface area contributed by atoms with Crippen molar-refractivity contribution in [2.45, 2.75) is 6.18 Å². The van der Waals surface area contributed by atoms with Crippen LogP contribution in [0.2, 0.25) is 0 Å². The Kier molecular flexibility index (Phi) is 2.98. The maximum Gasteiger partial charge on any atom is 0.405 e. The Balaban J connectivity index is 3.46. The van der Waals surface area contributed by atoms with Crippen molar-refractivity contribution in [2.24, 2.45) is 0 Å². The highest BCUT2D eigenvalue weighted by Gasteiger charge is 2.27. The number of rotatable bonds is 1. The van der Waals surface area contributed by atoms with E-state index in [0.717, 1.165) is 7.05 Å². The van der Waals surface area contributed by atoms with E-state index in [-0.39, 0.29) is 0 Å². The van der Waals surface area contributed by atoms with Gasteiger partial charge in [0.15, 0.2) is 0 Å². The lowest BCUT2D eigenvalue weighted by atomic mass is 10.6. The maximum absolute atomic E-state index is 11.3. The van der Waals surface area contributed by atoms with Gasteiger partial charge in [0, 0.05) is 7.05 Å². The van der Waals surface area contributed by atoms with Crippen LogP contribution in [0.1, 0.15) is 0 Å². The molecule has 6 heteroatoms. The van der Waals surface area contributed by atoms with Gasteiger partial charge >= 0.3 is 12.2 Å². The molecule has 0 aliphatic heterocycles. The lowest BCUT2D eigenvalue weighted by molar-refractivity contribution is -0.122. The smallest absolute Gasteiger partial charge is 0.327 e. The van der Waals surface area contributed by atoms with Crippen LogP contribution in [0, 0.1) is 0 Å². The number of alkyl halides is 3. The van der Waals surface area contributed by atoms with E-state index in [1.807, 2.05) is 0 Å². The molecule has 1 radical (unpaired) electrons. The monoisotopic (exact) mass is 155 g/mol. The van der Waals surface area contributed by atoms with Crippen molar-refractivity contribution in [1.82, 2.24) is 10.6 Å². The zero-order valence-corrected chi connectivity index (χ0v) is 5.20. The van der Waals surface area contributed by atoms with E-state index in [4.69, 9.17) is 0 Å². The number of nitrogens with zero attached hydrogens (tertiary/aromatic N) is 1. The van der Waals surface area contributed by atoms with Crippen molar-refractivity contribution >= 4 is 6.03 Å². The Bertz CT molecular complexity index is 122. The molecule has 10 heavy (non-hydrogen) atoms. The Hall–Kier alpha value is -0.940. The molecule has 0 atom stereocenters. The van der Waals surface area contributed by atoms with Crippen LogP contribution in [-0.2, 0) is 0 Å². The molecule has 0 aromatic carbocycles. The van der Waals surface area contributed by atoms with Gasteiger partial charge in [0.05, 0.1) is 0 Å². The molecule has 0 aromatic rings. The summed E-state index contributed by atoms with van der Waals surface area (Å²) in [6.07, 6.45) is -4.36. The molecule has 59 valence electrons. The summed E-state index contributed by atoms with van der Waals surface area (Å²) in [4.78, 5) is 10.1. The van der Waals surface area contributed by atoms with Crippen molar-refractivity contribution in [3.63, 3.8) is 0 Å². The van der Waals surface area contributed by atoms with Crippen LogP contribution in [0.15, 0.2) is 0 Å². The van der Waals surface area contributed by atoms with Gasteiger partial charge < -0.3 is 5.32 Å². The zero-order chi connectivity index (χ0) is 8.20. The van der Waals surface area contributed by atoms with Crippen LogP contribution in [0.4, 0.5) is 18.0 Å². The van der Waals surface area contributed by atoms with Gasteiger partial charge in [-0.2, -0.15) is 13.2 Å². The summed E-state index contributed by atoms with van der Waals surface area (Å²) in [5.74, 6) is 0. The molecule has 0 unspecified atom stereocenters. The zero-order valence-electron chi connectivity index (χ0n) is 5.20. The van der Waals surface area contributed by atoms with Crippen molar-refractivity contribution in [3.8, 4) is 0 Å². The predicted molar refractivity (Wildman–Crippen MR) is 27.5 cm³/mol. The van der Waals surface area contributed by atoms with E-state index in [1.165, 1.54) is 0 Å². The molecule has 0 saturated carbocycles. The summed E-state index contributed by atoms with van der Waals surface area (Å²) >= 11 is 0. The molecule has 0 aliphatic rings. The van der Waals surface area contributed by atoms with Gasteiger partial charge in [-0.05, 0) is 0 Å². The van der Waals surface area contributed by atoms with Gasteiger partial charge in [-0.15, -0.1) is 0 Å². The third-order valence-electron chi connectivity index (χ3n) is 0.643. The topological polar surface area (TPSA) is 43.2 Å². The van der Waals surface area contributed by atoms with Crippen LogP contribution < -0.4 is 10.6 Å². The molecule has 0 spiro atoms. The SMILES string of the molecule is C[N]C(=O)NCC(F)(F)F. The second-order valence-corrected chi connectivity index (χ2v) is 1.50. The number of carbonyl (C=O) groups excluding carboxylic acids is 1. The first-order chi connectivity index (χ1) is 4.45. The maximum atomic E-state index is 11.3. The molecule has 0 rings (SSSR count). The van der Waals surface area contributed by atoms with E-state index in [0.29, 0.717) is 0 Å². The first-order valence-electron chi connectivity index (χ1n) is 2.40. The quantitative estimate of drug-likeness (QED) is 0.588. The number of hydrogen-bond acceptors (Lipinski definition) is 1. The van der Waals surface area contributed by atoms with Gasteiger partial charge in [0.2, 0.25) is 0 Å². The highest BCUT2D eigenvalue weighted by molar-refractivity contribution is 5.73. The minimum absolute atomic E-state index is 0.961. The molecular weight excluding hydrogens is 149 g/mol. The van der Waals surface area contributed by atoms with Crippen molar-refractivity contribution in [1.29, 1.82) is 0 Å². The fourth-order valence-corrected chi connectivity index (χ4v) is 0.255. The second kappa shape index (κ2) is 3.28. The van der Waals surface area contributed by atoms with Crippen LogP contribution in [0.5, 0.6) is 0 Å². The molecule has 0 heterocycles. The van der Waals surface area contributed by atoms with Gasteiger partial charge in [0.25, 0.3) is 0 Å². The first-order valence-corrected chi connectivity index (χ1v) is 2.40. The third kappa shape index (κ3) is 5.20. The van der Waals surface area contributed by atoms with Crippen LogP contribution >= 0.6 is 0 Å². The Morgan fingerprint density at radius 2 is 2.10 bits per heavy atom. The number of urea groups is 1. The summed E-state index contributed by atoms with van der Waals surface area (Å²) in [5, 5.41) is 4.48. The van der Waals surface area contributed by atoms with E-state index in [1.54, 1.807) is 5.32 Å². The first kappa shape index (κ1) is 9.06. The van der Waals surface area contributed by atoms with Crippen LogP contribution in [0.25, 0.3) is 0 Å². The second-order valence-electron chi connectivity index (χ2n) is 1.50. The minimum atomic E-state index is -4.36. The molecule has 0 saturated heterocycles. The average Bonchev–Trinajstić information content (AvgIpc) is 1.81. The highest BCUT2D eigenvalue weighted by atomic mass is 19.4.